The molecule has 1 atom stereocenters. The standard InChI is InChI=1S/C16H23NO3/c18-11-14(17-13-4-2-1-3-5-13)12-6-7-15-16(10-12)20-9-8-19-15/h6-7,10,13-14,17-18H,1-5,8-9,11H2. The fourth-order valence-electron chi connectivity index (χ4n) is 3.08. The average Bonchev–Trinajstić information content (AvgIpc) is 2.53. The Hall–Kier alpha value is -1.26. The molecule has 1 saturated carbocycles. The monoisotopic (exact) mass is 277 g/mol. The minimum absolute atomic E-state index is 0.0195. The molecule has 110 valence electrons. The quantitative estimate of drug-likeness (QED) is 0.887. The van der Waals surface area contributed by atoms with Gasteiger partial charge in [-0.2, -0.15) is 0 Å². The number of fused-ring (bicyclic) bond motifs is 1. The number of rotatable bonds is 4. The molecule has 1 aromatic carbocycles. The fourth-order valence-corrected chi connectivity index (χ4v) is 3.08. The number of aliphatic hydroxyl groups excluding tert-OH is 1. The molecule has 1 fully saturated rings. The van der Waals surface area contributed by atoms with Crippen LogP contribution in [0, 0.1) is 0 Å². The van der Waals surface area contributed by atoms with Gasteiger partial charge < -0.3 is 19.9 Å². The van der Waals surface area contributed by atoms with E-state index in [1.54, 1.807) is 0 Å². The van der Waals surface area contributed by atoms with Gasteiger partial charge in [-0.15, -0.1) is 0 Å². The van der Waals surface area contributed by atoms with Gasteiger partial charge in [-0.3, -0.25) is 0 Å². The van der Waals surface area contributed by atoms with Gasteiger partial charge in [0.15, 0.2) is 11.5 Å². The van der Waals surface area contributed by atoms with Crippen LogP contribution in [0.2, 0.25) is 0 Å². The third-order valence-corrected chi connectivity index (χ3v) is 4.19. The van der Waals surface area contributed by atoms with Crippen molar-refractivity contribution in [2.75, 3.05) is 19.8 Å². The van der Waals surface area contributed by atoms with Gasteiger partial charge in [-0.1, -0.05) is 25.3 Å². The summed E-state index contributed by atoms with van der Waals surface area (Å²) < 4.78 is 11.1. The Morgan fingerprint density at radius 1 is 1.10 bits per heavy atom. The van der Waals surface area contributed by atoms with E-state index in [1.807, 2.05) is 18.2 Å². The Kier molecular flexibility index (Phi) is 4.43. The molecule has 0 radical (unpaired) electrons. The third-order valence-electron chi connectivity index (χ3n) is 4.19. The van der Waals surface area contributed by atoms with Crippen molar-refractivity contribution in [1.82, 2.24) is 5.32 Å². The lowest BCUT2D eigenvalue weighted by atomic mass is 9.94. The molecule has 2 aliphatic rings. The van der Waals surface area contributed by atoms with E-state index in [4.69, 9.17) is 9.47 Å². The number of aliphatic hydroxyl groups is 1. The zero-order valence-electron chi connectivity index (χ0n) is 11.8. The molecule has 1 aliphatic carbocycles. The van der Waals surface area contributed by atoms with Gasteiger partial charge >= 0.3 is 0 Å². The zero-order valence-corrected chi connectivity index (χ0v) is 11.8. The molecule has 4 heteroatoms. The second-order valence-electron chi connectivity index (χ2n) is 5.64. The highest BCUT2D eigenvalue weighted by molar-refractivity contribution is 5.44. The van der Waals surface area contributed by atoms with Crippen LogP contribution >= 0.6 is 0 Å². The van der Waals surface area contributed by atoms with Crippen LogP contribution in [0.4, 0.5) is 0 Å². The van der Waals surface area contributed by atoms with Crippen molar-refractivity contribution in [1.29, 1.82) is 0 Å². The molecule has 2 N–H and O–H groups in total. The molecule has 1 unspecified atom stereocenters. The van der Waals surface area contributed by atoms with Gasteiger partial charge in [-0.05, 0) is 30.5 Å². The first kappa shape index (κ1) is 13.7. The van der Waals surface area contributed by atoms with Crippen molar-refractivity contribution in [2.45, 2.75) is 44.2 Å². The Balaban J connectivity index is 1.71. The lowest BCUT2D eigenvalue weighted by molar-refractivity contribution is 0.170. The van der Waals surface area contributed by atoms with Gasteiger partial charge in [0, 0.05) is 6.04 Å². The minimum Gasteiger partial charge on any atom is -0.486 e. The first-order valence-corrected chi connectivity index (χ1v) is 7.63. The number of hydrogen-bond acceptors (Lipinski definition) is 4. The first-order chi connectivity index (χ1) is 9.86. The number of hydrogen-bond donors (Lipinski definition) is 2. The maximum atomic E-state index is 9.68. The van der Waals surface area contributed by atoms with Crippen LogP contribution in [0.5, 0.6) is 11.5 Å². The summed E-state index contributed by atoms with van der Waals surface area (Å²) in [4.78, 5) is 0. The Morgan fingerprint density at radius 2 is 1.85 bits per heavy atom. The molecule has 1 aliphatic heterocycles. The lowest BCUT2D eigenvalue weighted by Crippen LogP contribution is -2.36. The van der Waals surface area contributed by atoms with E-state index in [0.29, 0.717) is 19.3 Å². The molecule has 0 bridgehead atoms. The second kappa shape index (κ2) is 6.46. The molecule has 0 aromatic heterocycles. The fraction of sp³-hybridized carbons (Fsp3) is 0.625. The summed E-state index contributed by atoms with van der Waals surface area (Å²) in [5.74, 6) is 1.59. The van der Waals surface area contributed by atoms with Crippen LogP contribution in [-0.2, 0) is 0 Å². The molecule has 1 heterocycles. The maximum absolute atomic E-state index is 9.68. The van der Waals surface area contributed by atoms with Crippen LogP contribution in [0.3, 0.4) is 0 Å². The van der Waals surface area contributed by atoms with Crippen LogP contribution in [0.15, 0.2) is 18.2 Å². The predicted octanol–water partition coefficient (Wildman–Crippen LogP) is 2.41. The molecule has 4 nitrogen and oxygen atoms in total. The lowest BCUT2D eigenvalue weighted by Gasteiger charge is -2.28. The summed E-state index contributed by atoms with van der Waals surface area (Å²) >= 11 is 0. The normalized spacial score (nSPS) is 20.6. The third kappa shape index (κ3) is 3.07. The summed E-state index contributed by atoms with van der Waals surface area (Å²) in [6.45, 7) is 1.31. The Labute approximate surface area is 120 Å². The SMILES string of the molecule is OCC(NC1CCCCC1)c1ccc2c(c1)OCCO2. The Morgan fingerprint density at radius 3 is 2.60 bits per heavy atom. The van der Waals surface area contributed by atoms with E-state index in [2.05, 4.69) is 5.32 Å². The topological polar surface area (TPSA) is 50.7 Å². The summed E-state index contributed by atoms with van der Waals surface area (Å²) in [6, 6.07) is 6.45. The molecule has 3 rings (SSSR count). The van der Waals surface area contributed by atoms with E-state index in [-0.39, 0.29) is 12.6 Å². The second-order valence-corrected chi connectivity index (χ2v) is 5.64. The van der Waals surface area contributed by atoms with Gasteiger partial charge in [0.25, 0.3) is 0 Å². The van der Waals surface area contributed by atoms with E-state index >= 15 is 0 Å². The van der Waals surface area contributed by atoms with Crippen molar-refractivity contribution in [3.63, 3.8) is 0 Å². The number of nitrogens with one attached hydrogen (secondary N) is 1. The largest absolute Gasteiger partial charge is 0.486 e. The Bertz CT molecular complexity index is 443. The van der Waals surface area contributed by atoms with Crippen molar-refractivity contribution < 1.29 is 14.6 Å². The molecule has 1 aromatic rings. The molecule has 0 spiro atoms. The van der Waals surface area contributed by atoms with Crippen molar-refractivity contribution in [3.05, 3.63) is 23.8 Å². The van der Waals surface area contributed by atoms with E-state index in [1.165, 1.54) is 32.1 Å². The molecular formula is C16H23NO3. The van der Waals surface area contributed by atoms with Crippen LogP contribution in [0.1, 0.15) is 43.7 Å². The summed E-state index contributed by atoms with van der Waals surface area (Å²) in [5, 5.41) is 13.3. The minimum atomic E-state index is -0.0195. The molecule has 0 saturated heterocycles. The average molecular weight is 277 g/mol. The van der Waals surface area contributed by atoms with Crippen LogP contribution in [-0.4, -0.2) is 31.0 Å². The van der Waals surface area contributed by atoms with Crippen molar-refractivity contribution in [3.8, 4) is 11.5 Å². The zero-order chi connectivity index (χ0) is 13.8. The van der Waals surface area contributed by atoms with Gasteiger partial charge in [0.05, 0.1) is 12.6 Å². The van der Waals surface area contributed by atoms with Gasteiger partial charge in [-0.25, -0.2) is 0 Å². The highest BCUT2D eigenvalue weighted by Gasteiger charge is 2.20. The van der Waals surface area contributed by atoms with Gasteiger partial charge in [0.2, 0.25) is 0 Å². The highest BCUT2D eigenvalue weighted by Crippen LogP contribution is 2.33. The first-order valence-electron chi connectivity index (χ1n) is 7.63. The van der Waals surface area contributed by atoms with E-state index in [9.17, 15) is 5.11 Å². The molecular weight excluding hydrogens is 254 g/mol. The van der Waals surface area contributed by atoms with Crippen LogP contribution < -0.4 is 14.8 Å². The summed E-state index contributed by atoms with van der Waals surface area (Å²) in [6.07, 6.45) is 6.34. The highest BCUT2D eigenvalue weighted by atomic mass is 16.6. The van der Waals surface area contributed by atoms with Crippen molar-refractivity contribution in [2.24, 2.45) is 0 Å². The summed E-state index contributed by atoms with van der Waals surface area (Å²) in [7, 11) is 0. The van der Waals surface area contributed by atoms with Gasteiger partial charge in [0.1, 0.15) is 13.2 Å². The maximum Gasteiger partial charge on any atom is 0.161 e. The summed E-state index contributed by atoms with van der Waals surface area (Å²) in [5.41, 5.74) is 1.07. The molecule has 20 heavy (non-hydrogen) atoms. The number of ether oxygens (including phenoxy) is 2. The van der Waals surface area contributed by atoms with Crippen LogP contribution in [0.25, 0.3) is 0 Å². The van der Waals surface area contributed by atoms with E-state index < -0.39 is 0 Å². The predicted molar refractivity (Wildman–Crippen MR) is 77.3 cm³/mol. The van der Waals surface area contributed by atoms with E-state index in [0.717, 1.165) is 17.1 Å². The smallest absolute Gasteiger partial charge is 0.161 e. The number of benzene rings is 1. The molecule has 0 amide bonds. The van der Waals surface area contributed by atoms with Crippen molar-refractivity contribution >= 4 is 0 Å².